The van der Waals surface area contributed by atoms with E-state index in [4.69, 9.17) is 4.42 Å². The van der Waals surface area contributed by atoms with Crippen molar-refractivity contribution in [3.8, 4) is 11.3 Å². The van der Waals surface area contributed by atoms with Crippen LogP contribution in [0.2, 0.25) is 0 Å². The smallest absolute Gasteiger partial charge is 0.220 e. The zero-order valence-corrected chi connectivity index (χ0v) is 10.5. The molecule has 0 saturated heterocycles. The first-order valence-corrected chi connectivity index (χ1v) is 6.19. The molecule has 0 radical (unpaired) electrons. The summed E-state index contributed by atoms with van der Waals surface area (Å²) in [5.74, 6) is 0.942. The van der Waals surface area contributed by atoms with Crippen LogP contribution in [0.15, 0.2) is 47.1 Å². The summed E-state index contributed by atoms with van der Waals surface area (Å²) in [6, 6.07) is 11.8. The number of amides is 1. The molecule has 0 aliphatic heterocycles. The second-order valence-electron chi connectivity index (χ2n) is 4.20. The highest BCUT2D eigenvalue weighted by molar-refractivity contribution is 5.75. The van der Waals surface area contributed by atoms with Crippen molar-refractivity contribution >= 4 is 5.91 Å². The largest absolute Gasteiger partial charge is 0.464 e. The van der Waals surface area contributed by atoms with Crippen molar-refractivity contribution in [2.75, 3.05) is 0 Å². The molecule has 0 saturated carbocycles. The Labute approximate surface area is 107 Å². The van der Waals surface area contributed by atoms with Crippen molar-refractivity contribution in [3.63, 3.8) is 0 Å². The number of benzene rings is 1. The Morgan fingerprint density at radius 1 is 1.28 bits per heavy atom. The highest BCUT2D eigenvalue weighted by Crippen LogP contribution is 2.20. The van der Waals surface area contributed by atoms with Gasteiger partial charge in [0.2, 0.25) is 5.91 Å². The molecule has 1 amide bonds. The summed E-state index contributed by atoms with van der Waals surface area (Å²) >= 11 is 0. The van der Waals surface area contributed by atoms with Crippen molar-refractivity contribution in [1.29, 1.82) is 0 Å². The number of hydrogen-bond donors (Lipinski definition) is 1. The van der Waals surface area contributed by atoms with Gasteiger partial charge in [-0.2, -0.15) is 0 Å². The number of hydrogen-bond acceptors (Lipinski definition) is 2. The van der Waals surface area contributed by atoms with Crippen LogP contribution in [0.5, 0.6) is 0 Å². The predicted molar refractivity (Wildman–Crippen MR) is 70.9 cm³/mol. The van der Waals surface area contributed by atoms with Crippen molar-refractivity contribution in [1.82, 2.24) is 5.32 Å². The third-order valence-electron chi connectivity index (χ3n) is 2.70. The topological polar surface area (TPSA) is 42.2 Å². The zero-order valence-electron chi connectivity index (χ0n) is 10.5. The molecule has 94 valence electrons. The van der Waals surface area contributed by atoms with E-state index < -0.39 is 0 Å². The maximum Gasteiger partial charge on any atom is 0.220 e. The average Bonchev–Trinajstić information content (AvgIpc) is 2.91. The fourth-order valence-electron chi connectivity index (χ4n) is 1.79. The van der Waals surface area contributed by atoms with Gasteiger partial charge in [0.15, 0.2) is 0 Å². The summed E-state index contributed by atoms with van der Waals surface area (Å²) in [4.78, 5) is 11.4. The lowest BCUT2D eigenvalue weighted by Gasteiger charge is -2.05. The second-order valence-corrected chi connectivity index (χ2v) is 4.20. The summed E-state index contributed by atoms with van der Waals surface area (Å²) in [6.45, 7) is 2.56. The van der Waals surface area contributed by atoms with E-state index >= 15 is 0 Å². The molecule has 0 unspecified atom stereocenters. The van der Waals surface area contributed by atoms with Crippen LogP contribution in [0.25, 0.3) is 11.3 Å². The normalized spacial score (nSPS) is 10.3. The van der Waals surface area contributed by atoms with Gasteiger partial charge in [-0.15, -0.1) is 0 Å². The minimum Gasteiger partial charge on any atom is -0.464 e. The Kier molecular flexibility index (Phi) is 4.18. The highest BCUT2D eigenvalue weighted by atomic mass is 16.3. The molecule has 2 aromatic rings. The summed E-state index contributed by atoms with van der Waals surface area (Å²) < 4.78 is 5.35. The number of carbonyl (C=O) groups is 1. The van der Waals surface area contributed by atoms with E-state index in [0.29, 0.717) is 13.0 Å². The van der Waals surface area contributed by atoms with Crippen LogP contribution in [0.4, 0.5) is 0 Å². The van der Waals surface area contributed by atoms with Gasteiger partial charge in [0, 0.05) is 18.5 Å². The van der Waals surface area contributed by atoms with E-state index in [9.17, 15) is 4.79 Å². The molecule has 3 heteroatoms. The summed E-state index contributed by atoms with van der Waals surface area (Å²) in [5, 5.41) is 2.90. The highest BCUT2D eigenvalue weighted by Gasteiger charge is 2.03. The van der Waals surface area contributed by atoms with Crippen molar-refractivity contribution in [3.05, 3.63) is 48.2 Å². The molecule has 1 aromatic carbocycles. The van der Waals surface area contributed by atoms with Gasteiger partial charge in [-0.1, -0.05) is 25.1 Å². The third-order valence-corrected chi connectivity index (χ3v) is 2.70. The quantitative estimate of drug-likeness (QED) is 0.874. The van der Waals surface area contributed by atoms with Gasteiger partial charge in [0.25, 0.3) is 0 Å². The number of carbonyl (C=O) groups excluding carboxylic acids is 1. The van der Waals surface area contributed by atoms with Gasteiger partial charge in [0.05, 0.1) is 6.26 Å². The molecule has 18 heavy (non-hydrogen) atoms. The molecule has 0 aliphatic rings. The second kappa shape index (κ2) is 6.05. The molecule has 1 heterocycles. The maximum atomic E-state index is 11.4. The monoisotopic (exact) mass is 243 g/mol. The SMILES string of the molecule is CCCC(=O)NCc1cccc(-c2ccco2)c1. The molecule has 3 nitrogen and oxygen atoms in total. The van der Waals surface area contributed by atoms with Crippen molar-refractivity contribution in [2.24, 2.45) is 0 Å². The molecular weight excluding hydrogens is 226 g/mol. The molecule has 0 aliphatic carbocycles. The maximum absolute atomic E-state index is 11.4. The molecule has 1 aromatic heterocycles. The minimum absolute atomic E-state index is 0.0981. The minimum atomic E-state index is 0.0981. The number of furan rings is 1. The summed E-state index contributed by atoms with van der Waals surface area (Å²) in [5.41, 5.74) is 2.11. The van der Waals surface area contributed by atoms with Crippen LogP contribution in [-0.4, -0.2) is 5.91 Å². The lowest BCUT2D eigenvalue weighted by molar-refractivity contribution is -0.121. The van der Waals surface area contributed by atoms with Gasteiger partial charge in [-0.3, -0.25) is 4.79 Å². The Bertz CT molecular complexity index is 503. The Morgan fingerprint density at radius 3 is 2.89 bits per heavy atom. The number of rotatable bonds is 5. The van der Waals surface area contributed by atoms with Crippen LogP contribution in [0, 0.1) is 0 Å². The first kappa shape index (κ1) is 12.4. The molecule has 0 atom stereocenters. The Morgan fingerprint density at radius 2 is 2.17 bits per heavy atom. The molecule has 2 rings (SSSR count). The first-order chi connectivity index (χ1) is 8.79. The molecule has 1 N–H and O–H groups in total. The lowest BCUT2D eigenvalue weighted by atomic mass is 10.1. The lowest BCUT2D eigenvalue weighted by Crippen LogP contribution is -2.21. The zero-order chi connectivity index (χ0) is 12.8. The third kappa shape index (κ3) is 3.23. The van der Waals surface area contributed by atoms with Crippen molar-refractivity contribution in [2.45, 2.75) is 26.3 Å². The Hall–Kier alpha value is -2.03. The number of nitrogens with one attached hydrogen (secondary N) is 1. The van der Waals surface area contributed by atoms with Crippen LogP contribution in [-0.2, 0) is 11.3 Å². The van der Waals surface area contributed by atoms with Crippen LogP contribution in [0.3, 0.4) is 0 Å². The van der Waals surface area contributed by atoms with Gasteiger partial charge >= 0.3 is 0 Å². The molecule has 0 fully saturated rings. The van der Waals surface area contributed by atoms with E-state index in [1.807, 2.05) is 43.3 Å². The summed E-state index contributed by atoms with van der Waals surface area (Å²) in [6.07, 6.45) is 3.11. The molecule has 0 spiro atoms. The average molecular weight is 243 g/mol. The van der Waals surface area contributed by atoms with E-state index in [1.165, 1.54) is 0 Å². The van der Waals surface area contributed by atoms with Crippen molar-refractivity contribution < 1.29 is 9.21 Å². The van der Waals surface area contributed by atoms with Crippen LogP contribution in [0.1, 0.15) is 25.3 Å². The van der Waals surface area contributed by atoms with Gasteiger partial charge < -0.3 is 9.73 Å². The van der Waals surface area contributed by atoms with E-state index in [2.05, 4.69) is 5.32 Å². The predicted octanol–water partition coefficient (Wildman–Crippen LogP) is 3.36. The fourth-order valence-corrected chi connectivity index (χ4v) is 1.79. The van der Waals surface area contributed by atoms with E-state index in [1.54, 1.807) is 6.26 Å². The Balaban J connectivity index is 2.02. The molecule has 0 bridgehead atoms. The van der Waals surface area contributed by atoms with Gasteiger partial charge in [-0.25, -0.2) is 0 Å². The molecular formula is C15H17NO2. The summed E-state index contributed by atoms with van der Waals surface area (Å²) in [7, 11) is 0. The first-order valence-electron chi connectivity index (χ1n) is 6.19. The standard InChI is InChI=1S/C15H17NO2/c1-2-5-15(17)16-11-12-6-3-7-13(10-12)14-8-4-9-18-14/h3-4,6-10H,2,5,11H2,1H3,(H,16,17). The van der Waals surface area contributed by atoms with Crippen LogP contribution >= 0.6 is 0 Å². The van der Waals surface area contributed by atoms with Crippen LogP contribution < -0.4 is 5.32 Å². The van der Waals surface area contributed by atoms with Gasteiger partial charge in [0.1, 0.15) is 5.76 Å². The van der Waals surface area contributed by atoms with E-state index in [0.717, 1.165) is 23.3 Å². The van der Waals surface area contributed by atoms with E-state index in [-0.39, 0.29) is 5.91 Å². The van der Waals surface area contributed by atoms with Gasteiger partial charge in [-0.05, 0) is 30.2 Å². The fraction of sp³-hybridized carbons (Fsp3) is 0.267.